The van der Waals surface area contributed by atoms with Crippen LogP contribution in [-0.2, 0) is 0 Å². The van der Waals surface area contributed by atoms with E-state index in [2.05, 4.69) is 9.72 Å². The first-order valence-electron chi connectivity index (χ1n) is 8.40. The third kappa shape index (κ3) is 5.04. The van der Waals surface area contributed by atoms with Crippen molar-refractivity contribution in [1.29, 1.82) is 0 Å². The Kier molecular flexibility index (Phi) is 5.94. The van der Waals surface area contributed by atoms with E-state index in [-0.39, 0.29) is 17.4 Å². The number of likely N-dealkylation sites (N-methyl/N-ethyl adjacent to an activating group) is 1. The molecule has 2 aromatic heterocycles. The fourth-order valence-electron chi connectivity index (χ4n) is 2.46. The molecule has 3 aromatic rings. The number of hydrogen-bond acceptors (Lipinski definition) is 8. The molecular weight excluding hydrogens is 429 g/mol. The predicted octanol–water partition coefficient (Wildman–Crippen LogP) is 3.90. The number of alkyl halides is 3. The smallest absolute Gasteiger partial charge is 0.406 e. The summed E-state index contributed by atoms with van der Waals surface area (Å²) in [6.45, 7) is 0.610. The highest BCUT2D eigenvalue weighted by molar-refractivity contribution is 7.22. The van der Waals surface area contributed by atoms with E-state index < -0.39 is 28.8 Å². The van der Waals surface area contributed by atoms with Crippen LogP contribution < -0.4 is 9.64 Å². The summed E-state index contributed by atoms with van der Waals surface area (Å²) in [5.41, 5.74) is 0.373. The number of fused-ring (bicyclic) bond motifs is 1. The largest absolute Gasteiger partial charge is 0.573 e. The number of ether oxygens (including phenoxy) is 1. The normalized spacial score (nSPS) is 11.8. The predicted molar refractivity (Wildman–Crippen MR) is 102 cm³/mol. The number of carbonyl (C=O) groups is 1. The van der Waals surface area contributed by atoms with Crippen molar-refractivity contribution in [3.05, 3.63) is 46.2 Å². The molecule has 3 rings (SSSR count). The average molecular weight is 444 g/mol. The minimum atomic E-state index is -4.83. The van der Waals surface area contributed by atoms with E-state index in [1.165, 1.54) is 23.1 Å². The van der Waals surface area contributed by atoms with Gasteiger partial charge in [0.05, 0.1) is 16.3 Å². The van der Waals surface area contributed by atoms with Crippen LogP contribution in [0.1, 0.15) is 10.6 Å². The second kappa shape index (κ2) is 8.28. The van der Waals surface area contributed by atoms with E-state index in [4.69, 9.17) is 4.42 Å². The van der Waals surface area contributed by atoms with Gasteiger partial charge in [0.2, 0.25) is 0 Å². The summed E-state index contributed by atoms with van der Waals surface area (Å²) in [7, 11) is 3.58. The zero-order valence-electron chi connectivity index (χ0n) is 15.7. The van der Waals surface area contributed by atoms with Crippen molar-refractivity contribution in [2.75, 3.05) is 32.1 Å². The molecule has 1 aromatic carbocycles. The molecule has 0 fully saturated rings. The topological polar surface area (TPSA) is 102 Å². The zero-order valence-corrected chi connectivity index (χ0v) is 16.5. The SMILES string of the molecule is CN(C)CCN(C(=O)c1ccc([N+](=O)[O-])o1)c1nc2ccc(OC(F)(F)F)cc2s1. The number of amides is 1. The van der Waals surface area contributed by atoms with Gasteiger partial charge in [-0.15, -0.1) is 13.2 Å². The van der Waals surface area contributed by atoms with Crippen molar-refractivity contribution >= 4 is 38.5 Å². The van der Waals surface area contributed by atoms with Gasteiger partial charge in [0, 0.05) is 19.2 Å². The van der Waals surface area contributed by atoms with E-state index in [0.717, 1.165) is 23.5 Å². The van der Waals surface area contributed by atoms with E-state index in [9.17, 15) is 28.1 Å². The Balaban J connectivity index is 1.95. The highest BCUT2D eigenvalue weighted by Gasteiger charge is 2.31. The first-order chi connectivity index (χ1) is 14.0. The maximum atomic E-state index is 12.9. The summed E-state index contributed by atoms with van der Waals surface area (Å²) in [5.74, 6) is -1.89. The number of thiazole rings is 1. The molecule has 0 bridgehead atoms. The molecule has 0 aliphatic carbocycles. The number of nitro groups is 1. The minimum Gasteiger partial charge on any atom is -0.406 e. The van der Waals surface area contributed by atoms with Gasteiger partial charge in [0.25, 0.3) is 5.91 Å². The molecule has 0 unspecified atom stereocenters. The van der Waals surface area contributed by atoms with Crippen LogP contribution in [0, 0.1) is 10.1 Å². The van der Waals surface area contributed by atoms with Gasteiger partial charge in [-0.3, -0.25) is 19.8 Å². The molecule has 0 radical (unpaired) electrons. The van der Waals surface area contributed by atoms with Crippen LogP contribution in [0.5, 0.6) is 5.75 Å². The molecule has 30 heavy (non-hydrogen) atoms. The van der Waals surface area contributed by atoms with Crippen LogP contribution in [0.25, 0.3) is 10.2 Å². The first-order valence-corrected chi connectivity index (χ1v) is 9.22. The molecule has 13 heteroatoms. The lowest BCUT2D eigenvalue weighted by atomic mass is 10.3. The number of anilines is 1. The Hall–Kier alpha value is -3.19. The van der Waals surface area contributed by atoms with Crippen molar-refractivity contribution in [3.63, 3.8) is 0 Å². The molecule has 9 nitrogen and oxygen atoms in total. The molecule has 0 atom stereocenters. The molecule has 0 saturated heterocycles. The second-order valence-electron chi connectivity index (χ2n) is 6.33. The molecule has 0 spiro atoms. The second-order valence-corrected chi connectivity index (χ2v) is 7.34. The lowest BCUT2D eigenvalue weighted by molar-refractivity contribution is -0.402. The van der Waals surface area contributed by atoms with Gasteiger partial charge < -0.3 is 14.1 Å². The zero-order chi connectivity index (χ0) is 22.1. The number of furan rings is 1. The molecule has 1 amide bonds. The van der Waals surface area contributed by atoms with E-state index in [1.54, 1.807) is 14.1 Å². The Labute approximate surface area is 171 Å². The van der Waals surface area contributed by atoms with Crippen molar-refractivity contribution in [3.8, 4) is 5.75 Å². The molecule has 160 valence electrons. The monoisotopic (exact) mass is 444 g/mol. The number of carbonyl (C=O) groups excluding carboxylic acids is 1. The molecule has 0 N–H and O–H groups in total. The van der Waals surface area contributed by atoms with E-state index in [0.29, 0.717) is 16.8 Å². The van der Waals surface area contributed by atoms with Gasteiger partial charge >= 0.3 is 12.2 Å². The summed E-state index contributed by atoms with van der Waals surface area (Å²) >= 11 is 0.986. The number of rotatable bonds is 7. The number of nitrogens with zero attached hydrogens (tertiary/aromatic N) is 4. The Morgan fingerprint density at radius 1 is 1.27 bits per heavy atom. The first kappa shape index (κ1) is 21.5. The summed E-state index contributed by atoms with van der Waals surface area (Å²) in [4.78, 5) is 30.3. The molecular formula is C17H15F3N4O5S. The quantitative estimate of drug-likeness (QED) is 0.402. The highest BCUT2D eigenvalue weighted by Crippen LogP contribution is 2.34. The van der Waals surface area contributed by atoms with Crippen molar-refractivity contribution < 1.29 is 32.0 Å². The van der Waals surface area contributed by atoms with Gasteiger partial charge in [-0.1, -0.05) is 11.3 Å². The van der Waals surface area contributed by atoms with Crippen molar-refractivity contribution in [2.45, 2.75) is 6.36 Å². The lowest BCUT2D eigenvalue weighted by Crippen LogP contribution is -2.36. The van der Waals surface area contributed by atoms with Crippen LogP contribution in [0.4, 0.5) is 24.2 Å². The van der Waals surface area contributed by atoms with Crippen LogP contribution in [0.3, 0.4) is 0 Å². The van der Waals surface area contributed by atoms with Crippen molar-refractivity contribution in [2.24, 2.45) is 0 Å². The Morgan fingerprint density at radius 2 is 2.00 bits per heavy atom. The number of halogens is 3. The summed E-state index contributed by atoms with van der Waals surface area (Å²) in [6.07, 6.45) is -4.83. The van der Waals surface area contributed by atoms with Gasteiger partial charge in [-0.05, 0) is 32.3 Å². The number of hydrogen-bond donors (Lipinski definition) is 0. The van der Waals surface area contributed by atoms with Gasteiger partial charge in [0.1, 0.15) is 10.7 Å². The van der Waals surface area contributed by atoms with Crippen LogP contribution in [0.15, 0.2) is 34.7 Å². The lowest BCUT2D eigenvalue weighted by Gasteiger charge is -2.20. The summed E-state index contributed by atoms with van der Waals surface area (Å²) in [5, 5.41) is 11.0. The Bertz CT molecular complexity index is 1080. The van der Waals surface area contributed by atoms with Crippen LogP contribution >= 0.6 is 11.3 Å². The van der Waals surface area contributed by atoms with E-state index >= 15 is 0 Å². The molecule has 0 aliphatic rings. The molecule has 2 heterocycles. The van der Waals surface area contributed by atoms with E-state index in [1.807, 2.05) is 4.90 Å². The van der Waals surface area contributed by atoms with Gasteiger partial charge in [0.15, 0.2) is 10.9 Å². The summed E-state index contributed by atoms with van der Waals surface area (Å²) < 4.78 is 46.6. The number of aromatic nitrogens is 1. The fraction of sp³-hybridized carbons (Fsp3) is 0.294. The number of benzene rings is 1. The highest BCUT2D eigenvalue weighted by atomic mass is 32.1. The Morgan fingerprint density at radius 3 is 2.60 bits per heavy atom. The average Bonchev–Trinajstić information content (AvgIpc) is 3.26. The summed E-state index contributed by atoms with van der Waals surface area (Å²) in [6, 6.07) is 5.91. The fourth-order valence-corrected chi connectivity index (χ4v) is 3.48. The molecule has 0 aliphatic heterocycles. The van der Waals surface area contributed by atoms with Crippen molar-refractivity contribution in [1.82, 2.24) is 9.88 Å². The van der Waals surface area contributed by atoms with Crippen LogP contribution in [0.2, 0.25) is 0 Å². The van der Waals surface area contributed by atoms with Gasteiger partial charge in [-0.25, -0.2) is 4.98 Å². The van der Waals surface area contributed by atoms with Gasteiger partial charge in [-0.2, -0.15) is 0 Å². The van der Waals surface area contributed by atoms with Crippen LogP contribution in [-0.4, -0.2) is 54.3 Å². The maximum absolute atomic E-state index is 12.9. The molecule has 0 saturated carbocycles. The standard InChI is InChI=1S/C17H15F3N4O5S/c1-22(2)7-8-23(15(25)12-5-6-14(28-12)24(26)27)16-21-11-4-3-10(9-13(11)30-16)29-17(18,19)20/h3-6,9H,7-8H2,1-2H3. The third-order valence-corrected chi connectivity index (χ3v) is 4.85. The maximum Gasteiger partial charge on any atom is 0.573 e. The minimum absolute atomic E-state index is 0.173. The third-order valence-electron chi connectivity index (χ3n) is 3.81.